The molecule has 0 aromatic heterocycles. The van der Waals surface area contributed by atoms with Crippen molar-refractivity contribution in [2.75, 3.05) is 5.32 Å². The molecule has 0 fully saturated rings. The number of aromatic carboxylic acids is 1. The maximum absolute atomic E-state index is 11.3. The van der Waals surface area contributed by atoms with Gasteiger partial charge in [-0.15, -0.1) is 0 Å². The molecule has 0 heterocycles. The number of carboxylic acids is 1. The van der Waals surface area contributed by atoms with Crippen molar-refractivity contribution in [3.63, 3.8) is 0 Å². The molecule has 0 spiro atoms. The SMILES string of the molecule is CC#CC(=O)Nc1c(C)cc(C)cc1C(=O)O. The van der Waals surface area contributed by atoms with E-state index in [1.807, 2.05) is 0 Å². The molecule has 0 bridgehead atoms. The van der Waals surface area contributed by atoms with Crippen molar-refractivity contribution in [2.45, 2.75) is 20.8 Å². The molecule has 4 heteroatoms. The molecule has 1 aromatic carbocycles. The van der Waals surface area contributed by atoms with Crippen molar-refractivity contribution < 1.29 is 14.7 Å². The molecule has 0 unspecified atom stereocenters. The Balaban J connectivity index is 3.24. The highest BCUT2D eigenvalue weighted by molar-refractivity contribution is 6.08. The van der Waals surface area contributed by atoms with E-state index in [4.69, 9.17) is 5.11 Å². The maximum Gasteiger partial charge on any atom is 0.337 e. The Morgan fingerprint density at radius 3 is 2.47 bits per heavy atom. The second-order valence-electron chi connectivity index (χ2n) is 3.64. The van der Waals surface area contributed by atoms with Crippen LogP contribution in [-0.2, 0) is 4.79 Å². The normalized spacial score (nSPS) is 9.12. The summed E-state index contributed by atoms with van der Waals surface area (Å²) in [5, 5.41) is 11.6. The lowest BCUT2D eigenvalue weighted by molar-refractivity contribution is -0.111. The smallest absolute Gasteiger partial charge is 0.337 e. The largest absolute Gasteiger partial charge is 0.478 e. The number of carbonyl (C=O) groups is 2. The Labute approximate surface area is 99.7 Å². The van der Waals surface area contributed by atoms with Gasteiger partial charge < -0.3 is 10.4 Å². The van der Waals surface area contributed by atoms with Crippen LogP contribution in [0.4, 0.5) is 5.69 Å². The molecule has 0 atom stereocenters. The van der Waals surface area contributed by atoms with Crippen LogP contribution in [0.1, 0.15) is 28.4 Å². The predicted molar refractivity (Wildman–Crippen MR) is 65.0 cm³/mol. The molecule has 1 amide bonds. The fourth-order valence-corrected chi connectivity index (χ4v) is 1.56. The van der Waals surface area contributed by atoms with Gasteiger partial charge in [-0.2, -0.15) is 0 Å². The van der Waals surface area contributed by atoms with Crippen LogP contribution in [0.2, 0.25) is 0 Å². The van der Waals surface area contributed by atoms with Gasteiger partial charge >= 0.3 is 5.97 Å². The minimum Gasteiger partial charge on any atom is -0.478 e. The highest BCUT2D eigenvalue weighted by Gasteiger charge is 2.14. The van der Waals surface area contributed by atoms with Crippen molar-refractivity contribution in [1.29, 1.82) is 0 Å². The molecule has 1 rings (SSSR count). The van der Waals surface area contributed by atoms with Gasteiger partial charge in [-0.25, -0.2) is 4.79 Å². The van der Waals surface area contributed by atoms with Crippen molar-refractivity contribution in [3.8, 4) is 11.8 Å². The summed E-state index contributed by atoms with van der Waals surface area (Å²) in [5.41, 5.74) is 1.91. The fourth-order valence-electron chi connectivity index (χ4n) is 1.56. The summed E-state index contributed by atoms with van der Waals surface area (Å²) < 4.78 is 0. The zero-order valence-corrected chi connectivity index (χ0v) is 9.92. The minimum absolute atomic E-state index is 0.0775. The molecular weight excluding hydrogens is 218 g/mol. The summed E-state index contributed by atoms with van der Waals surface area (Å²) >= 11 is 0. The topological polar surface area (TPSA) is 66.4 Å². The molecule has 2 N–H and O–H groups in total. The third kappa shape index (κ3) is 3.08. The first kappa shape index (κ1) is 12.8. The zero-order valence-electron chi connectivity index (χ0n) is 9.92. The lowest BCUT2D eigenvalue weighted by Gasteiger charge is -2.10. The van der Waals surface area contributed by atoms with Gasteiger partial charge in [0.25, 0.3) is 5.91 Å². The Hall–Kier alpha value is -2.28. The summed E-state index contributed by atoms with van der Waals surface area (Å²) in [5.74, 6) is 3.18. The number of nitrogens with one attached hydrogen (secondary N) is 1. The van der Waals surface area contributed by atoms with E-state index in [1.165, 1.54) is 6.07 Å². The number of hydrogen-bond donors (Lipinski definition) is 2. The molecule has 0 saturated heterocycles. The van der Waals surface area contributed by atoms with Crippen LogP contribution in [0.5, 0.6) is 0 Å². The Kier molecular flexibility index (Phi) is 3.89. The van der Waals surface area contributed by atoms with Crippen LogP contribution in [0.25, 0.3) is 0 Å². The summed E-state index contributed by atoms with van der Waals surface area (Å²) in [6, 6.07) is 3.33. The highest BCUT2D eigenvalue weighted by Crippen LogP contribution is 2.22. The van der Waals surface area contributed by atoms with E-state index in [1.54, 1.807) is 26.8 Å². The first-order valence-corrected chi connectivity index (χ1v) is 5.04. The second-order valence-corrected chi connectivity index (χ2v) is 3.64. The van der Waals surface area contributed by atoms with Gasteiger partial charge in [0.15, 0.2) is 0 Å². The summed E-state index contributed by atoms with van der Waals surface area (Å²) in [6.45, 7) is 5.09. The first-order valence-electron chi connectivity index (χ1n) is 5.04. The summed E-state index contributed by atoms with van der Waals surface area (Å²) in [7, 11) is 0. The van der Waals surface area contributed by atoms with Gasteiger partial charge in [0.2, 0.25) is 0 Å². The standard InChI is InChI=1S/C13H13NO3/c1-4-5-11(15)14-12-9(3)6-8(2)7-10(12)13(16)17/h6-7H,1-3H3,(H,14,15)(H,16,17). The number of aryl methyl sites for hydroxylation is 2. The number of anilines is 1. The molecule has 0 radical (unpaired) electrons. The van der Waals surface area contributed by atoms with E-state index < -0.39 is 11.9 Å². The summed E-state index contributed by atoms with van der Waals surface area (Å²) in [4.78, 5) is 22.4. The van der Waals surface area contributed by atoms with Gasteiger partial charge in [-0.1, -0.05) is 12.0 Å². The van der Waals surface area contributed by atoms with E-state index in [-0.39, 0.29) is 5.56 Å². The van der Waals surface area contributed by atoms with Gasteiger partial charge in [0.05, 0.1) is 11.3 Å². The summed E-state index contributed by atoms with van der Waals surface area (Å²) in [6.07, 6.45) is 0. The Bertz CT molecular complexity index is 536. The van der Waals surface area contributed by atoms with Crippen LogP contribution < -0.4 is 5.32 Å². The number of carbonyl (C=O) groups excluding carboxylic acids is 1. The number of carboxylic acid groups (broad SMARTS) is 1. The van der Waals surface area contributed by atoms with Gasteiger partial charge in [0, 0.05) is 0 Å². The predicted octanol–water partition coefficient (Wildman–Crippen LogP) is 1.96. The fraction of sp³-hybridized carbons (Fsp3) is 0.231. The molecule has 4 nitrogen and oxygen atoms in total. The van der Waals surface area contributed by atoms with Crippen LogP contribution >= 0.6 is 0 Å². The third-order valence-corrected chi connectivity index (χ3v) is 2.19. The zero-order chi connectivity index (χ0) is 13.0. The molecule has 1 aromatic rings. The lowest BCUT2D eigenvalue weighted by atomic mass is 10.0. The average molecular weight is 231 g/mol. The maximum atomic E-state index is 11.3. The van der Waals surface area contributed by atoms with E-state index in [2.05, 4.69) is 17.2 Å². The average Bonchev–Trinajstić information content (AvgIpc) is 2.21. The molecule has 17 heavy (non-hydrogen) atoms. The van der Waals surface area contributed by atoms with Crippen molar-refractivity contribution in [2.24, 2.45) is 0 Å². The van der Waals surface area contributed by atoms with Crippen LogP contribution in [0.3, 0.4) is 0 Å². The number of amides is 1. The van der Waals surface area contributed by atoms with Gasteiger partial charge in [0.1, 0.15) is 0 Å². The molecule has 0 aliphatic heterocycles. The lowest BCUT2D eigenvalue weighted by Crippen LogP contribution is -2.14. The number of hydrogen-bond acceptors (Lipinski definition) is 2. The van der Waals surface area contributed by atoms with E-state index in [0.717, 1.165) is 5.56 Å². The van der Waals surface area contributed by atoms with Crippen molar-refractivity contribution in [1.82, 2.24) is 0 Å². The molecule has 0 saturated carbocycles. The number of benzene rings is 1. The first-order chi connectivity index (χ1) is 7.95. The molecule has 0 aliphatic rings. The van der Waals surface area contributed by atoms with Gasteiger partial charge in [-0.05, 0) is 43.9 Å². The van der Waals surface area contributed by atoms with Crippen molar-refractivity contribution >= 4 is 17.6 Å². The minimum atomic E-state index is -1.07. The van der Waals surface area contributed by atoms with Gasteiger partial charge in [-0.3, -0.25) is 4.79 Å². The van der Waals surface area contributed by atoms with E-state index >= 15 is 0 Å². The monoisotopic (exact) mass is 231 g/mol. The van der Waals surface area contributed by atoms with Crippen LogP contribution in [-0.4, -0.2) is 17.0 Å². The van der Waals surface area contributed by atoms with E-state index in [9.17, 15) is 9.59 Å². The van der Waals surface area contributed by atoms with Crippen LogP contribution in [0.15, 0.2) is 12.1 Å². The molecular formula is C13H13NO3. The Morgan fingerprint density at radius 2 is 1.94 bits per heavy atom. The second kappa shape index (κ2) is 5.17. The van der Waals surface area contributed by atoms with Crippen LogP contribution in [0, 0.1) is 25.7 Å². The highest BCUT2D eigenvalue weighted by atomic mass is 16.4. The third-order valence-electron chi connectivity index (χ3n) is 2.19. The molecule has 0 aliphatic carbocycles. The molecule has 88 valence electrons. The van der Waals surface area contributed by atoms with Crippen molar-refractivity contribution in [3.05, 3.63) is 28.8 Å². The number of rotatable bonds is 2. The van der Waals surface area contributed by atoms with E-state index in [0.29, 0.717) is 11.3 Å². The quantitative estimate of drug-likeness (QED) is 0.764. The Morgan fingerprint density at radius 1 is 1.29 bits per heavy atom.